The van der Waals surface area contributed by atoms with E-state index >= 15 is 0 Å². The van der Waals surface area contributed by atoms with Crippen molar-refractivity contribution < 1.29 is 23.8 Å². The number of Topliss-reactive ketones (excluding diaryl/α,β-unsaturated/α-hetero) is 1. The number of amides is 1. The predicted octanol–water partition coefficient (Wildman–Crippen LogP) is 4.83. The van der Waals surface area contributed by atoms with E-state index in [0.29, 0.717) is 34.2 Å². The van der Waals surface area contributed by atoms with Crippen LogP contribution in [0.2, 0.25) is 5.02 Å². The Kier molecular flexibility index (Phi) is 5.14. The Bertz CT molecular complexity index is 1370. The summed E-state index contributed by atoms with van der Waals surface area (Å²) in [5.41, 5.74) is 1.49. The molecule has 2 N–H and O–H groups in total. The second kappa shape index (κ2) is 8.14. The number of H-pyrrole nitrogens is 1. The molecule has 4 aromatic rings. The van der Waals surface area contributed by atoms with Gasteiger partial charge in [-0.2, -0.15) is 0 Å². The number of aromatic nitrogens is 2. The minimum absolute atomic E-state index is 0.125. The number of nitrogens with zero attached hydrogens (tertiary/aromatic N) is 2. The average molecular weight is 464 g/mol. The topological polar surface area (TPSA) is 109 Å². The summed E-state index contributed by atoms with van der Waals surface area (Å²) >= 11 is 6.16. The lowest BCUT2D eigenvalue weighted by Gasteiger charge is -2.20. The number of ketones is 1. The van der Waals surface area contributed by atoms with E-state index in [-0.39, 0.29) is 22.8 Å². The van der Waals surface area contributed by atoms with E-state index in [1.54, 1.807) is 37.3 Å². The number of ether oxygens (including phenoxy) is 1. The zero-order valence-electron chi connectivity index (χ0n) is 17.4. The van der Waals surface area contributed by atoms with Crippen LogP contribution >= 0.6 is 11.6 Å². The van der Waals surface area contributed by atoms with Crippen LogP contribution in [0, 0.1) is 0 Å². The van der Waals surface area contributed by atoms with Crippen LogP contribution in [0.15, 0.2) is 70.9 Å². The van der Waals surface area contributed by atoms with Crippen LogP contribution < -0.4 is 9.64 Å². The highest BCUT2D eigenvalue weighted by atomic mass is 35.5. The minimum Gasteiger partial charge on any atom is -0.507 e. The molecule has 33 heavy (non-hydrogen) atoms. The van der Waals surface area contributed by atoms with Crippen molar-refractivity contribution in [2.75, 3.05) is 11.5 Å². The van der Waals surface area contributed by atoms with Crippen molar-refractivity contribution in [2.24, 2.45) is 0 Å². The second-order valence-electron chi connectivity index (χ2n) is 7.34. The van der Waals surface area contributed by atoms with Crippen LogP contribution in [0.5, 0.6) is 5.75 Å². The normalized spacial score (nSPS) is 17.8. The summed E-state index contributed by atoms with van der Waals surface area (Å²) in [4.78, 5) is 35.0. The molecule has 3 heterocycles. The Morgan fingerprint density at radius 1 is 1.21 bits per heavy atom. The van der Waals surface area contributed by atoms with Gasteiger partial charge < -0.3 is 19.2 Å². The highest BCUT2D eigenvalue weighted by Gasteiger charge is 2.49. The zero-order chi connectivity index (χ0) is 23.1. The Balaban J connectivity index is 1.69. The number of carbonyl (C=O) groups excluding carboxylic acids is 2. The Morgan fingerprint density at radius 2 is 2.03 bits per heavy atom. The maximum atomic E-state index is 13.2. The Morgan fingerprint density at radius 3 is 2.76 bits per heavy atom. The van der Waals surface area contributed by atoms with Gasteiger partial charge in [0.05, 0.1) is 34.5 Å². The van der Waals surface area contributed by atoms with E-state index < -0.39 is 17.7 Å². The molecule has 0 radical (unpaired) electrons. The highest BCUT2D eigenvalue weighted by Crippen LogP contribution is 2.42. The number of benzene rings is 2. The molecular formula is C24H18ClN3O5. The molecule has 1 amide bonds. The van der Waals surface area contributed by atoms with Gasteiger partial charge in [-0.15, -0.1) is 0 Å². The van der Waals surface area contributed by atoms with Gasteiger partial charge in [0.15, 0.2) is 0 Å². The van der Waals surface area contributed by atoms with Crippen molar-refractivity contribution >= 4 is 46.0 Å². The molecule has 0 bridgehead atoms. The first-order chi connectivity index (χ1) is 16.0. The molecule has 1 atom stereocenters. The fraction of sp³-hybridized carbons (Fsp3) is 0.125. The molecule has 1 aliphatic rings. The molecule has 1 fully saturated rings. The second-order valence-corrected chi connectivity index (χ2v) is 7.75. The first kappa shape index (κ1) is 20.8. The van der Waals surface area contributed by atoms with Crippen molar-refractivity contribution in [3.05, 3.63) is 82.8 Å². The number of furan rings is 1. The number of anilines is 1. The third kappa shape index (κ3) is 3.44. The standard InChI is InChI=1S/C24H18ClN3O5/c1-2-32-18-12-13(9-10-14(18)25)21(29)19-20(17-8-5-11-33-17)28(23(31)22(19)30)24-26-15-6-3-4-7-16(15)27-24/h3-12,20,29H,2H2,1H3,(H,26,27)/b21-19+. The molecule has 2 aromatic heterocycles. The number of halogens is 1. The van der Waals surface area contributed by atoms with E-state index in [4.69, 9.17) is 20.8 Å². The van der Waals surface area contributed by atoms with Gasteiger partial charge >= 0.3 is 5.91 Å². The van der Waals surface area contributed by atoms with Gasteiger partial charge in [-0.05, 0) is 49.4 Å². The fourth-order valence-corrected chi connectivity index (χ4v) is 4.06. The van der Waals surface area contributed by atoms with Crippen molar-refractivity contribution in [2.45, 2.75) is 13.0 Å². The Labute approximate surface area is 193 Å². The summed E-state index contributed by atoms with van der Waals surface area (Å²) in [7, 11) is 0. The molecule has 0 aliphatic carbocycles. The molecule has 2 aromatic carbocycles. The lowest BCUT2D eigenvalue weighted by Crippen LogP contribution is -2.30. The average Bonchev–Trinajstić information content (AvgIpc) is 3.54. The number of carbonyl (C=O) groups is 2. The fourth-order valence-electron chi connectivity index (χ4n) is 3.89. The van der Waals surface area contributed by atoms with Crippen LogP contribution in [0.4, 0.5) is 5.95 Å². The van der Waals surface area contributed by atoms with Gasteiger partial charge in [-0.25, -0.2) is 4.98 Å². The van der Waals surface area contributed by atoms with Gasteiger partial charge in [0.2, 0.25) is 5.95 Å². The van der Waals surface area contributed by atoms with Gasteiger partial charge in [0.25, 0.3) is 5.78 Å². The molecule has 1 saturated heterocycles. The van der Waals surface area contributed by atoms with Crippen LogP contribution in [0.1, 0.15) is 24.3 Å². The first-order valence-corrected chi connectivity index (χ1v) is 10.6. The molecule has 9 heteroatoms. The van der Waals surface area contributed by atoms with Crippen molar-refractivity contribution in [3.8, 4) is 5.75 Å². The van der Waals surface area contributed by atoms with Crippen molar-refractivity contribution in [1.82, 2.24) is 9.97 Å². The van der Waals surface area contributed by atoms with E-state index in [2.05, 4.69) is 9.97 Å². The lowest BCUT2D eigenvalue weighted by atomic mass is 9.99. The van der Waals surface area contributed by atoms with Gasteiger partial charge in [0, 0.05) is 5.56 Å². The largest absolute Gasteiger partial charge is 0.507 e. The Hall–Kier alpha value is -4.04. The quantitative estimate of drug-likeness (QED) is 0.249. The number of hydrogen-bond acceptors (Lipinski definition) is 6. The summed E-state index contributed by atoms with van der Waals surface area (Å²) in [5.74, 6) is -1.24. The number of imidazole rings is 1. The van der Waals surface area contributed by atoms with E-state index in [1.807, 2.05) is 18.2 Å². The minimum atomic E-state index is -1.02. The van der Waals surface area contributed by atoms with E-state index in [1.165, 1.54) is 17.2 Å². The zero-order valence-corrected chi connectivity index (χ0v) is 18.2. The number of aliphatic hydroxyl groups is 1. The number of fused-ring (bicyclic) bond motifs is 1. The summed E-state index contributed by atoms with van der Waals surface area (Å²) in [5, 5.41) is 11.5. The van der Waals surface area contributed by atoms with Gasteiger partial charge in [0.1, 0.15) is 23.3 Å². The number of hydrogen-bond donors (Lipinski definition) is 2. The number of aliphatic hydroxyl groups excluding tert-OH is 1. The van der Waals surface area contributed by atoms with Gasteiger partial charge in [-0.1, -0.05) is 23.7 Å². The predicted molar refractivity (Wildman–Crippen MR) is 122 cm³/mol. The monoisotopic (exact) mass is 463 g/mol. The summed E-state index contributed by atoms with van der Waals surface area (Å²) < 4.78 is 11.1. The highest BCUT2D eigenvalue weighted by molar-refractivity contribution is 6.51. The van der Waals surface area contributed by atoms with E-state index in [0.717, 1.165) is 0 Å². The summed E-state index contributed by atoms with van der Waals surface area (Å²) in [6, 6.07) is 14.1. The molecule has 1 unspecified atom stereocenters. The molecular weight excluding hydrogens is 446 g/mol. The van der Waals surface area contributed by atoms with Crippen molar-refractivity contribution in [1.29, 1.82) is 0 Å². The van der Waals surface area contributed by atoms with Crippen LogP contribution in [0.3, 0.4) is 0 Å². The summed E-state index contributed by atoms with van der Waals surface area (Å²) in [6.07, 6.45) is 1.43. The molecule has 5 rings (SSSR count). The van der Waals surface area contributed by atoms with Crippen LogP contribution in [-0.4, -0.2) is 33.4 Å². The van der Waals surface area contributed by atoms with Crippen molar-refractivity contribution in [3.63, 3.8) is 0 Å². The first-order valence-electron chi connectivity index (χ1n) is 10.2. The number of nitrogens with one attached hydrogen (secondary N) is 1. The van der Waals surface area contributed by atoms with Crippen LogP contribution in [0.25, 0.3) is 16.8 Å². The maximum absolute atomic E-state index is 13.2. The van der Waals surface area contributed by atoms with E-state index in [9.17, 15) is 14.7 Å². The molecule has 0 saturated carbocycles. The molecule has 1 aliphatic heterocycles. The molecule has 8 nitrogen and oxygen atoms in total. The van der Waals surface area contributed by atoms with Crippen LogP contribution in [-0.2, 0) is 9.59 Å². The summed E-state index contributed by atoms with van der Waals surface area (Å²) in [6.45, 7) is 2.17. The lowest BCUT2D eigenvalue weighted by molar-refractivity contribution is -0.132. The number of aromatic amines is 1. The smallest absolute Gasteiger partial charge is 0.302 e. The molecule has 166 valence electrons. The molecule has 0 spiro atoms. The SMILES string of the molecule is CCOc1cc(/C(O)=C2\C(=O)C(=O)N(c3nc4ccccc4[nH]3)C2c2ccco2)ccc1Cl. The maximum Gasteiger partial charge on any atom is 0.302 e. The third-order valence-corrected chi connectivity index (χ3v) is 5.68. The van der Waals surface area contributed by atoms with Gasteiger partial charge in [-0.3, -0.25) is 14.5 Å². The third-order valence-electron chi connectivity index (χ3n) is 5.37. The number of rotatable bonds is 5. The number of para-hydroxylation sites is 2.